The Labute approximate surface area is 796 Å². The zero-order valence-electron chi connectivity index (χ0n) is 81.9. The fourth-order valence-corrected chi connectivity index (χ4v) is 14.4. The molecule has 28 heteroatoms. The summed E-state index contributed by atoms with van der Waals surface area (Å²) in [6.07, 6.45) is 45.6. The van der Waals surface area contributed by atoms with Gasteiger partial charge in [0.1, 0.15) is 81.3 Å². The Hall–Kier alpha value is -7.32. The normalized spacial score (nSPS) is 11.4. The largest absolute Gasteiger partial charge is 0.493 e. The van der Waals surface area contributed by atoms with Crippen molar-refractivity contribution in [1.29, 1.82) is 0 Å². The molecule has 0 fully saturated rings. The van der Waals surface area contributed by atoms with Crippen molar-refractivity contribution in [3.63, 3.8) is 0 Å². The van der Waals surface area contributed by atoms with Crippen LogP contribution in [0, 0.1) is 5.41 Å². The third-order valence-electron chi connectivity index (χ3n) is 22.1. The summed E-state index contributed by atoms with van der Waals surface area (Å²) in [5.41, 5.74) is -1.83. The van der Waals surface area contributed by atoms with Crippen LogP contribution in [0.1, 0.15) is 326 Å². The number of unbranched alkanes of at least 4 members (excludes halogenated alkanes) is 36. The van der Waals surface area contributed by atoms with Crippen LogP contribution in [0.5, 0.6) is 46.0 Å². The van der Waals surface area contributed by atoms with Crippen LogP contribution in [0.15, 0.2) is 72.8 Å². The quantitative estimate of drug-likeness (QED) is 0.0181. The van der Waals surface area contributed by atoms with Crippen LogP contribution in [-0.2, 0) is 56.8 Å². The first-order valence-corrected chi connectivity index (χ1v) is 50.8. The highest BCUT2D eigenvalue weighted by molar-refractivity contribution is 5.92. The van der Waals surface area contributed by atoms with Gasteiger partial charge in [-0.3, -0.25) is 0 Å². The molecule has 0 saturated carbocycles. The maximum atomic E-state index is 15.3. The van der Waals surface area contributed by atoms with Gasteiger partial charge in [0, 0.05) is 12.1 Å². The van der Waals surface area contributed by atoms with E-state index in [1.807, 2.05) is 0 Å². The molecule has 0 aliphatic carbocycles. The van der Waals surface area contributed by atoms with Gasteiger partial charge in [0.2, 0.25) is 0 Å². The fraction of sp³-hybridized carbons (Fsp3) is 0.733. The van der Waals surface area contributed by atoms with Gasteiger partial charge >= 0.3 is 23.9 Å². The molecule has 4 aromatic carbocycles. The molecule has 4 N–H and O–H groups in total. The Balaban J connectivity index is 1.90. The molecule has 0 radical (unpaired) electrons. The highest BCUT2D eigenvalue weighted by Crippen LogP contribution is 2.35. The van der Waals surface area contributed by atoms with Crippen LogP contribution < -0.4 is 37.9 Å². The lowest BCUT2D eigenvalue weighted by molar-refractivity contribution is -0.0642. The zero-order valence-corrected chi connectivity index (χ0v) is 81.9. The number of hydrogen-bond acceptors (Lipinski definition) is 28. The first kappa shape index (κ1) is 118. The topological polar surface area (TPSA) is 334 Å². The number of rotatable bonds is 96. The summed E-state index contributed by atoms with van der Waals surface area (Å²) < 4.78 is 121. The van der Waals surface area contributed by atoms with Crippen molar-refractivity contribution in [2.24, 2.45) is 5.41 Å². The van der Waals surface area contributed by atoms with Crippen LogP contribution in [0.25, 0.3) is 0 Å². The lowest BCUT2D eigenvalue weighted by Crippen LogP contribution is -2.44. The molecule has 0 atom stereocenters. The molecule has 0 bridgehead atoms. The Morgan fingerprint density at radius 2 is 0.398 bits per heavy atom. The standard InChI is InChI=1S/C105H172O28/c1-5-9-13-17-21-25-29-33-37-41-53-122-93-77-91(78-94(83-93)123-54-42-38-34-30-26-22-18-14-10-6-2)103(112)132-87-105(85-130-101(110)89-45-47-97(126-73-69-118-65-61-114-57-49-106)99(81-89)128-75-71-120-67-63-116-59-51-108,86-131-102(111)90-46-48-98(127-74-70-119-66-62-115-58-50-107)100(82-90)129-76-72-121-68-64-117-60-52-109)88-133-104(113)92-79-95(124-55-43-39-35-31-27-23-19-15-11-7-3)84-96(80-92)125-56-44-40-36-32-28-24-20-16-12-8-4/h45-48,77-84,106-109H,5-44,49-76,85-88H2,1-4H3. The van der Waals surface area contributed by atoms with E-state index in [4.69, 9.17) is 105 Å². The molecule has 760 valence electrons. The van der Waals surface area contributed by atoms with Gasteiger partial charge in [0.05, 0.1) is 181 Å². The Kier molecular flexibility index (Phi) is 74.5. The molecule has 0 aliphatic rings. The summed E-state index contributed by atoms with van der Waals surface area (Å²) in [5, 5.41) is 36.8. The summed E-state index contributed by atoms with van der Waals surface area (Å²) in [7, 11) is 0. The molecule has 0 spiro atoms. The molecule has 4 rings (SSSR count). The second kappa shape index (κ2) is 84.0. The number of aliphatic hydroxyl groups is 4. The number of carbonyl (C=O) groups excluding carboxylic acids is 4. The monoisotopic (exact) mass is 1880 g/mol. The minimum atomic E-state index is -1.93. The van der Waals surface area contributed by atoms with E-state index in [0.717, 1.165) is 103 Å². The number of aliphatic hydroxyl groups excluding tert-OH is 4. The van der Waals surface area contributed by atoms with Gasteiger partial charge in [0.15, 0.2) is 23.0 Å². The molecule has 133 heavy (non-hydrogen) atoms. The summed E-state index contributed by atoms with van der Waals surface area (Å²) in [6, 6.07) is 18.9. The average molecular weight is 1880 g/mol. The third kappa shape index (κ3) is 61.5. The Bertz CT molecular complexity index is 3140. The van der Waals surface area contributed by atoms with Crippen LogP contribution in [-0.4, -0.2) is 256 Å². The SMILES string of the molecule is CCCCCCCCCCCCOc1cc(OCCCCCCCCCCCC)cc(C(=O)OCC(COC(=O)c2cc(OCCCCCCCCCCCC)cc(OCCCCCCCCCCCC)c2)(COC(=O)c2ccc(OCCOCCOCCO)c(OCCOCCOCCO)c2)COC(=O)c2ccc(OCCOCCOCCO)c(OCCOCCOCCO)c2)c1. The van der Waals surface area contributed by atoms with Gasteiger partial charge in [0.25, 0.3) is 0 Å². The van der Waals surface area contributed by atoms with Crippen molar-refractivity contribution in [3.8, 4) is 46.0 Å². The third-order valence-corrected chi connectivity index (χ3v) is 22.1. The minimum Gasteiger partial charge on any atom is -0.493 e. The summed E-state index contributed by atoms with van der Waals surface area (Å²) in [4.78, 5) is 60.9. The van der Waals surface area contributed by atoms with Gasteiger partial charge in [-0.05, 0) is 86.3 Å². The zero-order chi connectivity index (χ0) is 95.3. The number of esters is 4. The van der Waals surface area contributed by atoms with Crippen molar-refractivity contribution in [1.82, 2.24) is 0 Å². The molecule has 4 aromatic rings. The Morgan fingerprint density at radius 3 is 0.624 bits per heavy atom. The van der Waals surface area contributed by atoms with Crippen LogP contribution >= 0.6 is 0 Å². The van der Waals surface area contributed by atoms with E-state index in [2.05, 4.69) is 27.7 Å². The molecule has 0 heterocycles. The highest BCUT2D eigenvalue weighted by Gasteiger charge is 2.39. The summed E-state index contributed by atoms with van der Waals surface area (Å²) in [6.45, 7) is 10.3. The second-order valence-corrected chi connectivity index (χ2v) is 33.8. The second-order valence-electron chi connectivity index (χ2n) is 33.8. The molecular weight excluding hydrogens is 1710 g/mol. The predicted molar refractivity (Wildman–Crippen MR) is 516 cm³/mol. The smallest absolute Gasteiger partial charge is 0.338 e. The van der Waals surface area contributed by atoms with Crippen molar-refractivity contribution in [2.45, 2.75) is 285 Å². The maximum absolute atomic E-state index is 15.3. The minimum absolute atomic E-state index is 0.000299. The first-order chi connectivity index (χ1) is 65.4. The van der Waals surface area contributed by atoms with Crippen molar-refractivity contribution in [3.05, 3.63) is 95.1 Å². The van der Waals surface area contributed by atoms with E-state index < -0.39 is 55.7 Å². The molecule has 0 amide bonds. The van der Waals surface area contributed by atoms with Gasteiger partial charge in [-0.2, -0.15) is 0 Å². The van der Waals surface area contributed by atoms with Crippen LogP contribution in [0.4, 0.5) is 0 Å². The summed E-state index contributed by atoms with van der Waals surface area (Å²) >= 11 is 0. The molecule has 28 nitrogen and oxygen atoms in total. The van der Waals surface area contributed by atoms with Crippen molar-refractivity contribution >= 4 is 23.9 Å². The van der Waals surface area contributed by atoms with Gasteiger partial charge in [-0.25, -0.2) is 19.2 Å². The van der Waals surface area contributed by atoms with Crippen LogP contribution in [0.3, 0.4) is 0 Å². The predicted octanol–water partition coefficient (Wildman–Crippen LogP) is 20.2. The number of carbonyl (C=O) groups is 4. The van der Waals surface area contributed by atoms with Gasteiger partial charge < -0.3 is 115 Å². The Morgan fingerprint density at radius 1 is 0.203 bits per heavy atom. The van der Waals surface area contributed by atoms with E-state index in [1.165, 1.54) is 190 Å². The lowest BCUT2D eigenvalue weighted by Gasteiger charge is -2.31. The lowest BCUT2D eigenvalue weighted by atomic mass is 9.92. The van der Waals surface area contributed by atoms with E-state index in [0.29, 0.717) is 49.4 Å². The van der Waals surface area contributed by atoms with Crippen molar-refractivity contribution < 1.29 is 134 Å². The molecule has 0 unspecified atom stereocenters. The molecule has 0 aromatic heterocycles. The maximum Gasteiger partial charge on any atom is 0.338 e. The van der Waals surface area contributed by atoms with Gasteiger partial charge in [-0.15, -0.1) is 0 Å². The van der Waals surface area contributed by atoms with E-state index in [9.17, 15) is 10.2 Å². The number of benzene rings is 4. The highest BCUT2D eigenvalue weighted by atomic mass is 16.6. The average Bonchev–Trinajstić information content (AvgIpc) is 0.818. The number of ether oxygens (including phenoxy) is 20. The van der Waals surface area contributed by atoms with Gasteiger partial charge in [-0.1, -0.05) is 259 Å². The number of hydrogen-bond donors (Lipinski definition) is 4. The molecule has 0 aliphatic heterocycles. The van der Waals surface area contributed by atoms with E-state index in [-0.39, 0.29) is 204 Å². The van der Waals surface area contributed by atoms with E-state index >= 15 is 19.2 Å². The van der Waals surface area contributed by atoms with E-state index in [1.54, 1.807) is 36.4 Å². The fourth-order valence-electron chi connectivity index (χ4n) is 14.4. The van der Waals surface area contributed by atoms with Crippen molar-refractivity contribution in [2.75, 3.05) is 211 Å². The summed E-state index contributed by atoms with van der Waals surface area (Å²) in [5.74, 6) is -1.20. The van der Waals surface area contributed by atoms with Crippen LogP contribution in [0.2, 0.25) is 0 Å². The first-order valence-electron chi connectivity index (χ1n) is 50.8. The molecular formula is C105H172O28. The molecule has 0 saturated heterocycles.